The highest BCUT2D eigenvalue weighted by molar-refractivity contribution is 5.87. The lowest BCUT2D eigenvalue weighted by Crippen LogP contribution is -2.12. The molecule has 3 N–H and O–H groups in total. The number of hydrogen-bond donors (Lipinski definition) is 2. The molecule has 2 aromatic rings. The van der Waals surface area contributed by atoms with Gasteiger partial charge in [-0.05, 0) is 19.9 Å². The van der Waals surface area contributed by atoms with Crippen LogP contribution in [-0.2, 0) is 4.79 Å². The predicted octanol–water partition coefficient (Wildman–Crippen LogP) is 0.820. The highest BCUT2D eigenvalue weighted by Crippen LogP contribution is 2.13. The Morgan fingerprint density at radius 3 is 2.61 bits per heavy atom. The van der Waals surface area contributed by atoms with Crippen LogP contribution in [0.4, 0.5) is 11.6 Å². The number of aryl methyl sites for hydroxylation is 2. The summed E-state index contributed by atoms with van der Waals surface area (Å²) in [6, 6.07) is 3.40. The molecule has 0 spiro atoms. The molecule has 2 heterocycles. The van der Waals surface area contributed by atoms with Crippen molar-refractivity contribution in [3.63, 3.8) is 0 Å². The van der Waals surface area contributed by atoms with E-state index in [0.29, 0.717) is 11.8 Å². The fourth-order valence-electron chi connectivity index (χ4n) is 1.62. The SMILES string of the molecule is CC(=O)Nc1cc(N)nc(-n2nc(C)cc2C)n1. The third-order valence-corrected chi connectivity index (χ3v) is 2.24. The summed E-state index contributed by atoms with van der Waals surface area (Å²) in [6.45, 7) is 5.18. The first kappa shape index (κ1) is 12.0. The quantitative estimate of drug-likeness (QED) is 0.817. The van der Waals surface area contributed by atoms with Crippen molar-refractivity contribution in [2.24, 2.45) is 0 Å². The Morgan fingerprint density at radius 1 is 1.33 bits per heavy atom. The van der Waals surface area contributed by atoms with Crippen LogP contribution in [0.2, 0.25) is 0 Å². The Hall–Kier alpha value is -2.44. The van der Waals surface area contributed by atoms with Crippen LogP contribution in [0, 0.1) is 13.8 Å². The molecule has 0 unspecified atom stereocenters. The lowest BCUT2D eigenvalue weighted by atomic mass is 10.4. The maximum Gasteiger partial charge on any atom is 0.254 e. The largest absolute Gasteiger partial charge is 0.383 e. The summed E-state index contributed by atoms with van der Waals surface area (Å²) in [4.78, 5) is 19.3. The minimum absolute atomic E-state index is 0.215. The molecule has 2 rings (SSSR count). The lowest BCUT2D eigenvalue weighted by molar-refractivity contribution is -0.114. The first-order valence-corrected chi connectivity index (χ1v) is 5.41. The number of nitrogen functional groups attached to an aromatic ring is 1. The number of amides is 1. The third-order valence-electron chi connectivity index (χ3n) is 2.24. The molecule has 0 aliphatic rings. The van der Waals surface area contributed by atoms with Gasteiger partial charge in [0, 0.05) is 18.7 Å². The standard InChI is InChI=1S/C11H14N6O/c1-6-4-7(2)17(16-6)11-14-9(12)5-10(15-11)13-8(3)18/h4-5H,1-3H3,(H3,12,13,14,15,18). The van der Waals surface area contributed by atoms with E-state index in [0.717, 1.165) is 11.4 Å². The van der Waals surface area contributed by atoms with Crippen LogP contribution in [0.5, 0.6) is 0 Å². The van der Waals surface area contributed by atoms with E-state index in [-0.39, 0.29) is 11.7 Å². The van der Waals surface area contributed by atoms with E-state index < -0.39 is 0 Å². The highest BCUT2D eigenvalue weighted by Gasteiger charge is 2.09. The molecule has 0 radical (unpaired) electrons. The number of hydrogen-bond acceptors (Lipinski definition) is 5. The molecule has 18 heavy (non-hydrogen) atoms. The van der Waals surface area contributed by atoms with Crippen molar-refractivity contribution < 1.29 is 4.79 Å². The van der Waals surface area contributed by atoms with Crippen molar-refractivity contribution in [3.8, 4) is 5.95 Å². The molecule has 0 bridgehead atoms. The van der Waals surface area contributed by atoms with Gasteiger partial charge in [-0.25, -0.2) is 4.68 Å². The van der Waals surface area contributed by atoms with Gasteiger partial charge in [0.1, 0.15) is 11.6 Å². The second kappa shape index (κ2) is 4.44. The Labute approximate surface area is 104 Å². The molecule has 0 aromatic carbocycles. The van der Waals surface area contributed by atoms with Crippen LogP contribution in [-0.4, -0.2) is 25.7 Å². The number of aromatic nitrogens is 4. The van der Waals surface area contributed by atoms with Crippen LogP contribution < -0.4 is 11.1 Å². The molecule has 7 heteroatoms. The molecule has 2 aromatic heterocycles. The number of nitrogens with two attached hydrogens (primary N) is 1. The molecule has 0 fully saturated rings. The van der Waals surface area contributed by atoms with Crippen molar-refractivity contribution in [3.05, 3.63) is 23.5 Å². The maximum absolute atomic E-state index is 11.0. The molecule has 7 nitrogen and oxygen atoms in total. The molecular weight excluding hydrogens is 232 g/mol. The van der Waals surface area contributed by atoms with E-state index >= 15 is 0 Å². The van der Waals surface area contributed by atoms with Gasteiger partial charge in [0.25, 0.3) is 5.95 Å². The van der Waals surface area contributed by atoms with Gasteiger partial charge in [0.2, 0.25) is 5.91 Å². The van der Waals surface area contributed by atoms with Crippen LogP contribution in [0.1, 0.15) is 18.3 Å². The number of nitrogens with one attached hydrogen (secondary N) is 1. The fourth-order valence-corrected chi connectivity index (χ4v) is 1.62. The Bertz CT molecular complexity index is 604. The second-order valence-corrected chi connectivity index (χ2v) is 4.00. The molecule has 94 valence electrons. The lowest BCUT2D eigenvalue weighted by Gasteiger charge is -2.06. The average molecular weight is 246 g/mol. The monoisotopic (exact) mass is 246 g/mol. The minimum atomic E-state index is -0.215. The zero-order valence-electron chi connectivity index (χ0n) is 10.4. The first-order valence-electron chi connectivity index (χ1n) is 5.41. The van der Waals surface area contributed by atoms with Gasteiger partial charge in [-0.2, -0.15) is 15.1 Å². The third kappa shape index (κ3) is 2.45. The summed E-state index contributed by atoms with van der Waals surface area (Å²) >= 11 is 0. The van der Waals surface area contributed by atoms with Crippen molar-refractivity contribution in [2.75, 3.05) is 11.1 Å². The van der Waals surface area contributed by atoms with E-state index in [9.17, 15) is 4.79 Å². The second-order valence-electron chi connectivity index (χ2n) is 4.00. The Morgan fingerprint density at radius 2 is 2.06 bits per heavy atom. The highest BCUT2D eigenvalue weighted by atomic mass is 16.1. The fraction of sp³-hybridized carbons (Fsp3) is 0.273. The summed E-state index contributed by atoms with van der Waals surface area (Å²) in [6.07, 6.45) is 0. The van der Waals surface area contributed by atoms with Gasteiger partial charge in [-0.3, -0.25) is 4.79 Å². The number of anilines is 2. The van der Waals surface area contributed by atoms with E-state index in [1.54, 1.807) is 4.68 Å². The molecule has 0 saturated carbocycles. The van der Waals surface area contributed by atoms with Gasteiger partial charge < -0.3 is 11.1 Å². The Kier molecular flexibility index (Phi) is 2.97. The smallest absolute Gasteiger partial charge is 0.254 e. The van der Waals surface area contributed by atoms with Gasteiger partial charge >= 0.3 is 0 Å². The molecule has 1 amide bonds. The molecular formula is C11H14N6O. The number of carbonyl (C=O) groups excluding carboxylic acids is 1. The van der Waals surface area contributed by atoms with E-state index in [1.807, 2.05) is 19.9 Å². The summed E-state index contributed by atoms with van der Waals surface area (Å²) < 4.78 is 1.58. The van der Waals surface area contributed by atoms with Crippen molar-refractivity contribution in [1.82, 2.24) is 19.7 Å². The van der Waals surface area contributed by atoms with Crippen LogP contribution in [0.25, 0.3) is 5.95 Å². The normalized spacial score (nSPS) is 10.4. The van der Waals surface area contributed by atoms with Crippen LogP contribution in [0.15, 0.2) is 12.1 Å². The number of nitrogens with zero attached hydrogens (tertiary/aromatic N) is 4. The summed E-state index contributed by atoms with van der Waals surface area (Å²) in [5.41, 5.74) is 7.44. The first-order chi connectivity index (χ1) is 8.45. The topological polar surface area (TPSA) is 98.7 Å². The predicted molar refractivity (Wildman–Crippen MR) is 67.3 cm³/mol. The average Bonchev–Trinajstić information content (AvgIpc) is 2.55. The van der Waals surface area contributed by atoms with Crippen LogP contribution in [0.3, 0.4) is 0 Å². The zero-order chi connectivity index (χ0) is 13.3. The van der Waals surface area contributed by atoms with Gasteiger partial charge in [-0.15, -0.1) is 0 Å². The molecule has 0 aliphatic carbocycles. The van der Waals surface area contributed by atoms with Gasteiger partial charge in [-0.1, -0.05) is 0 Å². The van der Waals surface area contributed by atoms with Crippen LogP contribution >= 0.6 is 0 Å². The van der Waals surface area contributed by atoms with E-state index in [1.165, 1.54) is 13.0 Å². The van der Waals surface area contributed by atoms with Gasteiger partial charge in [0.05, 0.1) is 5.69 Å². The molecule has 0 aliphatic heterocycles. The van der Waals surface area contributed by atoms with Crippen molar-refractivity contribution in [1.29, 1.82) is 0 Å². The van der Waals surface area contributed by atoms with Crippen molar-refractivity contribution in [2.45, 2.75) is 20.8 Å². The Balaban J connectivity index is 2.48. The minimum Gasteiger partial charge on any atom is -0.383 e. The zero-order valence-corrected chi connectivity index (χ0v) is 10.4. The van der Waals surface area contributed by atoms with Crippen molar-refractivity contribution >= 4 is 17.5 Å². The molecule has 0 saturated heterocycles. The van der Waals surface area contributed by atoms with Gasteiger partial charge in [0.15, 0.2) is 0 Å². The van der Waals surface area contributed by atoms with E-state index in [2.05, 4.69) is 20.4 Å². The molecule has 0 atom stereocenters. The summed E-state index contributed by atoms with van der Waals surface area (Å²) in [7, 11) is 0. The number of rotatable bonds is 2. The summed E-state index contributed by atoms with van der Waals surface area (Å²) in [5, 5.41) is 6.84. The van der Waals surface area contributed by atoms with E-state index in [4.69, 9.17) is 5.73 Å². The maximum atomic E-state index is 11.0. The summed E-state index contributed by atoms with van der Waals surface area (Å²) in [5.74, 6) is 0.755. The number of carbonyl (C=O) groups is 1.